The van der Waals surface area contributed by atoms with Crippen LogP contribution in [-0.2, 0) is 0 Å². The molecule has 0 aliphatic heterocycles. The molecule has 0 fully saturated rings. The Kier molecular flexibility index (Phi) is 4.00. The Morgan fingerprint density at radius 1 is 1.08 bits per heavy atom. The highest BCUT2D eigenvalue weighted by Gasteiger charge is 2.41. The second kappa shape index (κ2) is 4.15. The molecule has 78 valence electrons. The van der Waals surface area contributed by atoms with Gasteiger partial charge in [-0.3, -0.25) is 0 Å². The van der Waals surface area contributed by atoms with Crippen LogP contribution < -0.4 is 0 Å². The van der Waals surface area contributed by atoms with Crippen molar-refractivity contribution in [2.24, 2.45) is 16.0 Å². The number of aliphatic hydroxyl groups excluding tert-OH is 2. The van der Waals surface area contributed by atoms with E-state index in [-0.39, 0.29) is 13.2 Å². The number of aliphatic hydroxyl groups is 2. The van der Waals surface area contributed by atoms with Crippen LogP contribution in [0.15, 0.2) is 5.18 Å². The van der Waals surface area contributed by atoms with E-state index >= 15 is 0 Å². The van der Waals surface area contributed by atoms with Gasteiger partial charge in [0.05, 0.1) is 13.2 Å². The fraction of sp³-hybridized carbons (Fsp3) is 1.00. The number of hydrogen-bond donors (Lipinski definition) is 2. The van der Waals surface area contributed by atoms with Crippen LogP contribution in [0.3, 0.4) is 0 Å². The van der Waals surface area contributed by atoms with Crippen molar-refractivity contribution >= 4 is 0 Å². The van der Waals surface area contributed by atoms with Gasteiger partial charge in [-0.1, -0.05) is 32.9 Å². The molecule has 0 saturated heterocycles. The van der Waals surface area contributed by atoms with Gasteiger partial charge >= 0.3 is 0 Å². The summed E-state index contributed by atoms with van der Waals surface area (Å²) in [6, 6.07) is -0.588. The Morgan fingerprint density at radius 2 is 1.38 bits per heavy atom. The first-order valence-corrected chi connectivity index (χ1v) is 4.36. The van der Waals surface area contributed by atoms with E-state index in [1.807, 2.05) is 0 Å². The van der Waals surface area contributed by atoms with E-state index in [1.165, 1.54) is 0 Å². The summed E-state index contributed by atoms with van der Waals surface area (Å²) in [6.45, 7) is 6.81. The molecule has 0 spiro atoms. The first-order valence-electron chi connectivity index (χ1n) is 4.36. The predicted octanol–water partition coefficient (Wildman–Crippen LogP) is 1.16. The lowest BCUT2D eigenvalue weighted by atomic mass is 9.71. The van der Waals surface area contributed by atoms with Gasteiger partial charge in [-0.25, -0.2) is 0 Å². The van der Waals surface area contributed by atoms with Crippen molar-refractivity contribution in [3.05, 3.63) is 4.91 Å². The third-order valence-corrected chi connectivity index (χ3v) is 2.40. The molecule has 0 saturated carbocycles. The first-order chi connectivity index (χ1) is 5.81. The maximum atomic E-state index is 10.6. The lowest BCUT2D eigenvalue weighted by molar-refractivity contribution is 0.0391. The molecular formula is C9H19NO3. The van der Waals surface area contributed by atoms with Gasteiger partial charge in [0, 0.05) is 10.8 Å². The molecule has 0 amide bonds. The highest BCUT2D eigenvalue weighted by atomic mass is 16.3. The molecule has 4 nitrogen and oxygen atoms in total. The third kappa shape index (κ3) is 2.74. The summed E-state index contributed by atoms with van der Waals surface area (Å²) in [5.74, 6) is 0. The standard InChI is InChI=1S/C9H19NO3/c1-8(2,5-11)7(10-13)9(3,4)6-12/h7,11-12H,5-6H2,1-4H3. The largest absolute Gasteiger partial charge is 0.396 e. The van der Waals surface area contributed by atoms with Crippen molar-refractivity contribution in [3.8, 4) is 0 Å². The second-order valence-corrected chi connectivity index (χ2v) is 4.80. The summed E-state index contributed by atoms with van der Waals surface area (Å²) in [4.78, 5) is 10.6. The molecule has 0 aromatic rings. The maximum Gasteiger partial charge on any atom is 0.106 e. The van der Waals surface area contributed by atoms with Gasteiger partial charge in [0.1, 0.15) is 6.04 Å². The van der Waals surface area contributed by atoms with Gasteiger partial charge in [-0.15, -0.1) is 0 Å². The summed E-state index contributed by atoms with van der Waals surface area (Å²) >= 11 is 0. The molecule has 0 bridgehead atoms. The molecule has 0 rings (SSSR count). The molecule has 0 atom stereocenters. The van der Waals surface area contributed by atoms with Gasteiger partial charge in [-0.2, -0.15) is 4.91 Å². The molecule has 0 aliphatic carbocycles. The van der Waals surface area contributed by atoms with Gasteiger partial charge in [-0.05, 0) is 0 Å². The van der Waals surface area contributed by atoms with Crippen LogP contribution in [0.5, 0.6) is 0 Å². The zero-order valence-electron chi connectivity index (χ0n) is 8.74. The van der Waals surface area contributed by atoms with E-state index in [4.69, 9.17) is 10.2 Å². The van der Waals surface area contributed by atoms with Crippen molar-refractivity contribution in [3.63, 3.8) is 0 Å². The quantitative estimate of drug-likeness (QED) is 0.637. The summed E-state index contributed by atoms with van der Waals surface area (Å²) in [5, 5.41) is 21.2. The van der Waals surface area contributed by atoms with Crippen molar-refractivity contribution in [2.45, 2.75) is 33.7 Å². The lowest BCUT2D eigenvalue weighted by Crippen LogP contribution is -2.44. The van der Waals surface area contributed by atoms with E-state index < -0.39 is 16.9 Å². The van der Waals surface area contributed by atoms with Crippen LogP contribution in [-0.4, -0.2) is 29.5 Å². The zero-order valence-corrected chi connectivity index (χ0v) is 8.74. The highest BCUT2D eigenvalue weighted by Crippen LogP contribution is 2.35. The molecule has 13 heavy (non-hydrogen) atoms. The number of hydrogen-bond acceptors (Lipinski definition) is 4. The summed E-state index contributed by atoms with van der Waals surface area (Å²) in [6.07, 6.45) is 0. The molecule has 0 heterocycles. The lowest BCUT2D eigenvalue weighted by Gasteiger charge is -2.37. The third-order valence-electron chi connectivity index (χ3n) is 2.40. The predicted molar refractivity (Wildman–Crippen MR) is 51.3 cm³/mol. The Labute approximate surface area is 78.9 Å². The zero-order chi connectivity index (χ0) is 10.7. The van der Waals surface area contributed by atoms with Crippen molar-refractivity contribution < 1.29 is 10.2 Å². The topological polar surface area (TPSA) is 69.9 Å². The van der Waals surface area contributed by atoms with Crippen molar-refractivity contribution in [1.82, 2.24) is 0 Å². The Hall–Kier alpha value is -0.480. The number of rotatable bonds is 5. The number of nitroso groups, excluding NO2 is 1. The Bertz CT molecular complexity index is 162. The molecule has 0 aromatic carbocycles. The van der Waals surface area contributed by atoms with E-state index in [0.717, 1.165) is 0 Å². The minimum absolute atomic E-state index is 0.118. The molecule has 0 unspecified atom stereocenters. The summed E-state index contributed by atoms with van der Waals surface area (Å²) < 4.78 is 0. The van der Waals surface area contributed by atoms with Gasteiger partial charge < -0.3 is 10.2 Å². The van der Waals surface area contributed by atoms with Crippen molar-refractivity contribution in [2.75, 3.05) is 13.2 Å². The summed E-state index contributed by atoms with van der Waals surface area (Å²) in [7, 11) is 0. The Morgan fingerprint density at radius 3 is 1.54 bits per heavy atom. The first kappa shape index (κ1) is 12.5. The van der Waals surface area contributed by atoms with Gasteiger partial charge in [0.15, 0.2) is 0 Å². The summed E-state index contributed by atoms with van der Waals surface area (Å²) in [5.41, 5.74) is -1.18. The molecular weight excluding hydrogens is 170 g/mol. The average Bonchev–Trinajstić information content (AvgIpc) is 2.05. The minimum Gasteiger partial charge on any atom is -0.396 e. The SMILES string of the molecule is CC(C)(CO)C(N=O)C(C)(C)CO. The molecule has 0 radical (unpaired) electrons. The van der Waals surface area contributed by atoms with E-state index in [0.29, 0.717) is 0 Å². The molecule has 4 heteroatoms. The fourth-order valence-corrected chi connectivity index (χ4v) is 1.52. The molecule has 2 N–H and O–H groups in total. The van der Waals surface area contributed by atoms with E-state index in [1.54, 1.807) is 27.7 Å². The van der Waals surface area contributed by atoms with Crippen LogP contribution in [0.1, 0.15) is 27.7 Å². The smallest absolute Gasteiger partial charge is 0.106 e. The normalized spacial score (nSPS) is 13.5. The van der Waals surface area contributed by atoms with Crippen molar-refractivity contribution in [1.29, 1.82) is 0 Å². The second-order valence-electron chi connectivity index (χ2n) is 4.80. The van der Waals surface area contributed by atoms with E-state index in [9.17, 15) is 4.91 Å². The van der Waals surface area contributed by atoms with Gasteiger partial charge in [0.2, 0.25) is 0 Å². The van der Waals surface area contributed by atoms with Gasteiger partial charge in [0.25, 0.3) is 0 Å². The fourth-order valence-electron chi connectivity index (χ4n) is 1.52. The van der Waals surface area contributed by atoms with Crippen LogP contribution in [0.4, 0.5) is 0 Å². The Balaban J connectivity index is 4.79. The monoisotopic (exact) mass is 189 g/mol. The minimum atomic E-state index is -0.589. The molecule has 0 aromatic heterocycles. The van der Waals surface area contributed by atoms with E-state index in [2.05, 4.69) is 5.18 Å². The average molecular weight is 189 g/mol. The molecule has 0 aliphatic rings. The maximum absolute atomic E-state index is 10.6. The van der Waals surface area contributed by atoms with Crippen LogP contribution in [0.2, 0.25) is 0 Å². The number of nitrogens with zero attached hydrogens (tertiary/aromatic N) is 1. The van der Waals surface area contributed by atoms with Crippen LogP contribution >= 0.6 is 0 Å². The highest BCUT2D eigenvalue weighted by molar-refractivity contribution is 4.93. The van der Waals surface area contributed by atoms with Crippen LogP contribution in [0, 0.1) is 15.7 Å². The van der Waals surface area contributed by atoms with Crippen LogP contribution in [0.25, 0.3) is 0 Å².